The summed E-state index contributed by atoms with van der Waals surface area (Å²) >= 11 is 0. The number of amides is 1. The van der Waals surface area contributed by atoms with Crippen LogP contribution in [0, 0.1) is 17.2 Å². The predicted molar refractivity (Wildman–Crippen MR) is 116 cm³/mol. The summed E-state index contributed by atoms with van der Waals surface area (Å²) in [5, 5.41) is 27.4. The molecule has 8 heteroatoms. The second-order valence-corrected chi connectivity index (χ2v) is 8.52. The van der Waals surface area contributed by atoms with Crippen LogP contribution >= 0.6 is 0 Å². The molecule has 0 bridgehead atoms. The number of fused-ring (bicyclic) bond motifs is 1. The summed E-state index contributed by atoms with van der Waals surface area (Å²) in [5.74, 6) is -0.102. The molecule has 1 amide bonds. The molecule has 2 atom stereocenters. The molecule has 2 N–H and O–H groups in total. The third-order valence-corrected chi connectivity index (χ3v) is 6.22. The molecule has 0 radical (unpaired) electrons. The van der Waals surface area contributed by atoms with Crippen molar-refractivity contribution in [3.8, 4) is 6.07 Å². The predicted octanol–water partition coefficient (Wildman–Crippen LogP) is 1.94. The van der Waals surface area contributed by atoms with Crippen LogP contribution in [0.5, 0.6) is 0 Å². The van der Waals surface area contributed by atoms with E-state index in [4.69, 9.17) is 4.98 Å². The minimum Gasteiger partial charge on any atom is -0.392 e. The molecule has 2 aliphatic rings. The number of aliphatic hydroxyl groups is 1. The van der Waals surface area contributed by atoms with Crippen molar-refractivity contribution >= 4 is 11.7 Å². The Morgan fingerprint density at radius 2 is 2.23 bits per heavy atom. The average molecular weight is 423 g/mol. The Labute approximate surface area is 182 Å². The van der Waals surface area contributed by atoms with Crippen LogP contribution in [0.25, 0.3) is 0 Å². The van der Waals surface area contributed by atoms with Gasteiger partial charge in [0.2, 0.25) is 5.91 Å². The molecular weight excluding hydrogens is 392 g/mol. The summed E-state index contributed by atoms with van der Waals surface area (Å²) in [4.78, 5) is 19.7. The number of pyridine rings is 1. The molecule has 1 aliphatic heterocycles. The van der Waals surface area contributed by atoms with Gasteiger partial charge >= 0.3 is 0 Å². The highest BCUT2D eigenvalue weighted by molar-refractivity contribution is 5.80. The molecule has 0 aromatic carbocycles. The van der Waals surface area contributed by atoms with Gasteiger partial charge < -0.3 is 15.3 Å². The van der Waals surface area contributed by atoms with E-state index in [1.54, 1.807) is 6.20 Å². The Hall–Kier alpha value is -2.92. The summed E-state index contributed by atoms with van der Waals surface area (Å²) < 4.78 is 1.86. The van der Waals surface area contributed by atoms with Gasteiger partial charge in [-0.2, -0.15) is 10.4 Å². The normalized spacial score (nSPS) is 20.7. The van der Waals surface area contributed by atoms with Gasteiger partial charge in [-0.1, -0.05) is 6.92 Å². The maximum absolute atomic E-state index is 12.9. The zero-order valence-electron chi connectivity index (χ0n) is 18.0. The van der Waals surface area contributed by atoms with Gasteiger partial charge in [-0.05, 0) is 50.2 Å². The highest BCUT2D eigenvalue weighted by atomic mass is 16.3. The van der Waals surface area contributed by atoms with E-state index in [-0.39, 0.29) is 5.91 Å². The van der Waals surface area contributed by atoms with Crippen molar-refractivity contribution < 1.29 is 9.90 Å². The Morgan fingerprint density at radius 3 is 3.03 bits per heavy atom. The van der Waals surface area contributed by atoms with E-state index in [1.165, 1.54) is 5.56 Å². The molecule has 1 saturated heterocycles. The van der Waals surface area contributed by atoms with Gasteiger partial charge in [0, 0.05) is 43.6 Å². The van der Waals surface area contributed by atoms with Gasteiger partial charge in [0.25, 0.3) is 0 Å². The van der Waals surface area contributed by atoms with Gasteiger partial charge in [-0.15, -0.1) is 0 Å². The van der Waals surface area contributed by atoms with Crippen LogP contribution in [0.3, 0.4) is 0 Å². The zero-order chi connectivity index (χ0) is 21.8. The first-order valence-electron chi connectivity index (χ1n) is 11.2. The largest absolute Gasteiger partial charge is 0.392 e. The van der Waals surface area contributed by atoms with Gasteiger partial charge in [0.1, 0.15) is 11.9 Å². The van der Waals surface area contributed by atoms with Crippen LogP contribution in [0.2, 0.25) is 0 Å². The SMILES string of the molecule is CCCn1cc(CNC(=O)[C@H]2CN(c3nc4c(cc3C#N)CCCC4)CC[C@H]2O)cn1. The Morgan fingerprint density at radius 1 is 1.39 bits per heavy atom. The van der Waals surface area contributed by atoms with Crippen LogP contribution in [0.1, 0.15) is 55.0 Å². The van der Waals surface area contributed by atoms with Crippen molar-refractivity contribution in [3.05, 3.63) is 40.8 Å². The summed E-state index contributed by atoms with van der Waals surface area (Å²) in [5.41, 5.74) is 3.73. The summed E-state index contributed by atoms with van der Waals surface area (Å²) in [6, 6.07) is 4.24. The van der Waals surface area contributed by atoms with Crippen molar-refractivity contribution in [2.45, 2.75) is 64.6 Å². The third kappa shape index (κ3) is 4.72. The molecule has 31 heavy (non-hydrogen) atoms. The lowest BCUT2D eigenvalue weighted by molar-refractivity contribution is -0.129. The van der Waals surface area contributed by atoms with Crippen LogP contribution in [0.15, 0.2) is 18.5 Å². The number of nitriles is 1. The summed E-state index contributed by atoms with van der Waals surface area (Å²) in [6.45, 7) is 4.25. The smallest absolute Gasteiger partial charge is 0.227 e. The van der Waals surface area contributed by atoms with E-state index >= 15 is 0 Å². The Balaban J connectivity index is 1.45. The number of aliphatic hydroxyl groups excluding tert-OH is 1. The quantitative estimate of drug-likeness (QED) is 0.737. The maximum atomic E-state index is 12.9. The number of carbonyl (C=O) groups is 1. The van der Waals surface area contributed by atoms with E-state index in [9.17, 15) is 15.2 Å². The number of anilines is 1. The Bertz CT molecular complexity index is 979. The first-order valence-corrected chi connectivity index (χ1v) is 11.2. The molecule has 8 nitrogen and oxygen atoms in total. The second kappa shape index (κ2) is 9.48. The lowest BCUT2D eigenvalue weighted by Crippen LogP contribution is -2.50. The number of carbonyl (C=O) groups excluding carboxylic acids is 1. The van der Waals surface area contributed by atoms with Gasteiger partial charge in [0.05, 0.1) is 23.8 Å². The highest BCUT2D eigenvalue weighted by Crippen LogP contribution is 2.29. The molecule has 1 fully saturated rings. The van der Waals surface area contributed by atoms with E-state index < -0.39 is 12.0 Å². The maximum Gasteiger partial charge on any atom is 0.227 e. The van der Waals surface area contributed by atoms with Crippen LogP contribution in [-0.2, 0) is 30.7 Å². The molecule has 1 aliphatic carbocycles. The fraction of sp³-hybridized carbons (Fsp3) is 0.565. The number of rotatable bonds is 6. The monoisotopic (exact) mass is 422 g/mol. The molecule has 0 saturated carbocycles. The van der Waals surface area contributed by atoms with Crippen LogP contribution in [-0.4, -0.2) is 45.0 Å². The van der Waals surface area contributed by atoms with Crippen molar-refractivity contribution in [1.29, 1.82) is 5.26 Å². The number of nitrogens with zero attached hydrogens (tertiary/aromatic N) is 5. The number of nitrogens with one attached hydrogen (secondary N) is 1. The molecular formula is C23H30N6O2. The summed E-state index contributed by atoms with van der Waals surface area (Å²) in [7, 11) is 0. The first-order chi connectivity index (χ1) is 15.1. The Kier molecular flexibility index (Phi) is 6.52. The lowest BCUT2D eigenvalue weighted by atomic mass is 9.92. The van der Waals surface area contributed by atoms with Crippen molar-refractivity contribution in [2.24, 2.45) is 5.92 Å². The van der Waals surface area contributed by atoms with E-state index in [0.717, 1.165) is 49.9 Å². The highest BCUT2D eigenvalue weighted by Gasteiger charge is 2.34. The first kappa shape index (κ1) is 21.3. The number of piperidine rings is 1. The second-order valence-electron chi connectivity index (χ2n) is 8.52. The van der Waals surface area contributed by atoms with Gasteiger partial charge in [-0.25, -0.2) is 4.98 Å². The molecule has 4 rings (SSSR count). The van der Waals surface area contributed by atoms with E-state index in [1.807, 2.05) is 21.8 Å². The fourth-order valence-corrected chi connectivity index (χ4v) is 4.51. The van der Waals surface area contributed by atoms with Crippen molar-refractivity contribution in [3.63, 3.8) is 0 Å². The van der Waals surface area contributed by atoms with Gasteiger partial charge in [0.15, 0.2) is 0 Å². The molecule has 0 spiro atoms. The number of hydrogen-bond donors (Lipinski definition) is 2. The van der Waals surface area contributed by atoms with E-state index in [2.05, 4.69) is 23.4 Å². The molecule has 0 unspecified atom stereocenters. The standard InChI is InChI=1S/C23H30N6O2/c1-2-8-29-14-16(13-26-29)12-25-23(31)19-15-28(9-7-21(19)30)22-18(11-24)10-17-5-3-4-6-20(17)27-22/h10,13-14,19,21,30H,2-9,12,15H2,1H3,(H,25,31)/t19-,21+/m0/s1. The van der Waals surface area contributed by atoms with Crippen molar-refractivity contribution in [2.75, 3.05) is 18.0 Å². The lowest BCUT2D eigenvalue weighted by Gasteiger charge is -2.36. The topological polar surface area (TPSA) is 107 Å². The average Bonchev–Trinajstić information content (AvgIpc) is 3.24. The number of aromatic nitrogens is 3. The van der Waals surface area contributed by atoms with Crippen LogP contribution < -0.4 is 10.2 Å². The van der Waals surface area contributed by atoms with Crippen molar-refractivity contribution in [1.82, 2.24) is 20.1 Å². The molecule has 3 heterocycles. The fourth-order valence-electron chi connectivity index (χ4n) is 4.51. The van der Waals surface area contributed by atoms with E-state index in [0.29, 0.717) is 37.4 Å². The summed E-state index contributed by atoms with van der Waals surface area (Å²) in [6.07, 6.45) is 8.60. The van der Waals surface area contributed by atoms with Gasteiger partial charge in [-0.3, -0.25) is 9.48 Å². The molecule has 164 valence electrons. The molecule has 2 aromatic heterocycles. The molecule has 2 aromatic rings. The third-order valence-electron chi connectivity index (χ3n) is 6.22. The number of hydrogen-bond acceptors (Lipinski definition) is 6. The minimum absolute atomic E-state index is 0.183. The zero-order valence-corrected chi connectivity index (χ0v) is 18.0. The number of aryl methyl sites for hydroxylation is 3. The minimum atomic E-state index is -0.706. The van der Waals surface area contributed by atoms with Crippen LogP contribution in [0.4, 0.5) is 5.82 Å².